The smallest absolute Gasteiger partial charge is 0.230 e. The summed E-state index contributed by atoms with van der Waals surface area (Å²) < 4.78 is 5.41. The Morgan fingerprint density at radius 1 is 1.08 bits per heavy atom. The van der Waals surface area contributed by atoms with Crippen LogP contribution in [-0.2, 0) is 9.53 Å². The molecule has 4 heterocycles. The van der Waals surface area contributed by atoms with Gasteiger partial charge in [0.15, 0.2) is 0 Å². The molecule has 1 atom stereocenters. The fourth-order valence-electron chi connectivity index (χ4n) is 4.27. The predicted molar refractivity (Wildman–Crippen MR) is 95.6 cm³/mol. The second kappa shape index (κ2) is 6.33. The highest BCUT2D eigenvalue weighted by molar-refractivity contribution is 5.84. The van der Waals surface area contributed by atoms with Crippen LogP contribution in [0.4, 0.5) is 17.6 Å². The molecule has 25 heavy (non-hydrogen) atoms. The molecule has 3 aliphatic heterocycles. The number of nitrogens with two attached hydrogens (primary N) is 1. The Morgan fingerprint density at radius 3 is 2.56 bits per heavy atom. The lowest BCUT2D eigenvalue weighted by Gasteiger charge is -2.37. The molecule has 4 rings (SSSR count). The van der Waals surface area contributed by atoms with Crippen LogP contribution >= 0.6 is 0 Å². The number of carbonyl (C=O) groups is 1. The van der Waals surface area contributed by atoms with Crippen LogP contribution in [0, 0.1) is 5.41 Å². The number of hydrogen-bond acceptors (Lipinski definition) is 7. The van der Waals surface area contributed by atoms with Crippen LogP contribution in [0.1, 0.15) is 19.3 Å². The normalized spacial score (nSPS) is 27.4. The first-order chi connectivity index (χ1) is 12.1. The molecular weight excluding hydrogens is 320 g/mol. The maximum atomic E-state index is 12.7. The Bertz CT molecular complexity index is 663. The third-order valence-corrected chi connectivity index (χ3v) is 5.68. The van der Waals surface area contributed by atoms with Crippen molar-refractivity contribution >= 4 is 23.5 Å². The van der Waals surface area contributed by atoms with Gasteiger partial charge in [0, 0.05) is 45.8 Å². The summed E-state index contributed by atoms with van der Waals surface area (Å²) in [5.41, 5.74) is 5.71. The van der Waals surface area contributed by atoms with E-state index in [-0.39, 0.29) is 17.3 Å². The van der Waals surface area contributed by atoms with Crippen LogP contribution in [0.25, 0.3) is 0 Å². The number of carbonyl (C=O) groups excluding carboxylic acids is 1. The van der Waals surface area contributed by atoms with Crippen molar-refractivity contribution in [2.24, 2.45) is 5.41 Å². The van der Waals surface area contributed by atoms with Crippen LogP contribution in [0.2, 0.25) is 0 Å². The minimum Gasteiger partial charge on any atom is -0.378 e. The van der Waals surface area contributed by atoms with Crippen LogP contribution in [-0.4, -0.2) is 73.8 Å². The van der Waals surface area contributed by atoms with Gasteiger partial charge in [0.1, 0.15) is 11.6 Å². The van der Waals surface area contributed by atoms with E-state index < -0.39 is 0 Å². The highest BCUT2D eigenvalue weighted by atomic mass is 16.5. The molecule has 136 valence electrons. The van der Waals surface area contributed by atoms with E-state index in [9.17, 15) is 4.79 Å². The minimum atomic E-state index is -0.258. The van der Waals surface area contributed by atoms with Gasteiger partial charge < -0.3 is 25.2 Å². The van der Waals surface area contributed by atoms with Crippen molar-refractivity contribution in [3.05, 3.63) is 6.07 Å². The van der Waals surface area contributed by atoms with Crippen molar-refractivity contribution in [2.75, 3.05) is 68.5 Å². The maximum Gasteiger partial charge on any atom is 0.230 e. The summed E-state index contributed by atoms with van der Waals surface area (Å²) in [4.78, 5) is 27.8. The van der Waals surface area contributed by atoms with Gasteiger partial charge in [0.2, 0.25) is 11.9 Å². The summed E-state index contributed by atoms with van der Waals surface area (Å²) in [5.74, 6) is 2.23. The number of likely N-dealkylation sites (tertiary alicyclic amines) is 1. The number of ether oxygens (including phenoxy) is 1. The molecule has 1 aromatic rings. The van der Waals surface area contributed by atoms with Crippen molar-refractivity contribution in [2.45, 2.75) is 19.3 Å². The number of morpholine rings is 1. The van der Waals surface area contributed by atoms with E-state index in [1.54, 1.807) is 0 Å². The summed E-state index contributed by atoms with van der Waals surface area (Å²) in [6.07, 6.45) is 2.91. The van der Waals surface area contributed by atoms with Crippen molar-refractivity contribution in [3.63, 3.8) is 0 Å². The largest absolute Gasteiger partial charge is 0.378 e. The molecule has 0 aliphatic carbocycles. The fourth-order valence-corrected chi connectivity index (χ4v) is 4.27. The lowest BCUT2D eigenvalue weighted by molar-refractivity contribution is -0.143. The quantitative estimate of drug-likeness (QED) is 0.826. The Morgan fingerprint density at radius 2 is 1.80 bits per heavy atom. The Labute approximate surface area is 147 Å². The van der Waals surface area contributed by atoms with Crippen LogP contribution < -0.4 is 15.5 Å². The number of nitrogen functional groups attached to an aromatic ring is 1. The summed E-state index contributed by atoms with van der Waals surface area (Å²) in [5, 5.41) is 0. The van der Waals surface area contributed by atoms with Crippen molar-refractivity contribution in [1.82, 2.24) is 14.9 Å². The van der Waals surface area contributed by atoms with Gasteiger partial charge >= 0.3 is 0 Å². The highest BCUT2D eigenvalue weighted by Crippen LogP contribution is 2.41. The molecule has 3 aliphatic rings. The zero-order chi connectivity index (χ0) is 17.4. The van der Waals surface area contributed by atoms with Gasteiger partial charge in [0.05, 0.1) is 18.6 Å². The van der Waals surface area contributed by atoms with E-state index in [0.717, 1.165) is 63.6 Å². The van der Waals surface area contributed by atoms with Gasteiger partial charge in [0.25, 0.3) is 0 Å². The monoisotopic (exact) mass is 346 g/mol. The first kappa shape index (κ1) is 16.4. The molecule has 1 amide bonds. The standard InChI is InChI=1S/C17H26N6O2/c1-21-5-2-3-17(15(21)24)4-6-23(12-17)14-11-13(19-16(18)20-14)22-7-9-25-10-8-22/h11H,2-10,12H2,1H3,(H2,18,19,20)/t17-/m0/s1. The lowest BCUT2D eigenvalue weighted by Crippen LogP contribution is -2.48. The van der Waals surface area contributed by atoms with Gasteiger partial charge in [-0.05, 0) is 19.3 Å². The Kier molecular flexibility index (Phi) is 4.15. The molecule has 3 saturated heterocycles. The van der Waals surface area contributed by atoms with Crippen molar-refractivity contribution in [3.8, 4) is 0 Å². The number of hydrogen-bond donors (Lipinski definition) is 1. The first-order valence-corrected chi connectivity index (χ1v) is 9.05. The van der Waals surface area contributed by atoms with Gasteiger partial charge in [-0.3, -0.25) is 4.79 Å². The van der Waals surface area contributed by atoms with E-state index in [1.165, 1.54) is 0 Å². The second-order valence-corrected chi connectivity index (χ2v) is 7.32. The number of aromatic nitrogens is 2. The minimum absolute atomic E-state index is 0.258. The van der Waals surface area contributed by atoms with Crippen LogP contribution in [0.5, 0.6) is 0 Å². The molecule has 0 radical (unpaired) electrons. The van der Waals surface area contributed by atoms with Crippen molar-refractivity contribution < 1.29 is 9.53 Å². The van der Waals surface area contributed by atoms with Crippen LogP contribution in [0.3, 0.4) is 0 Å². The van der Waals surface area contributed by atoms with Gasteiger partial charge in [-0.25, -0.2) is 0 Å². The summed E-state index contributed by atoms with van der Waals surface area (Å²) in [6, 6.07) is 2.00. The Hall–Kier alpha value is -2.09. The third-order valence-electron chi connectivity index (χ3n) is 5.68. The summed E-state index contributed by atoms with van der Waals surface area (Å²) in [7, 11) is 1.91. The first-order valence-electron chi connectivity index (χ1n) is 9.05. The number of rotatable bonds is 2. The zero-order valence-corrected chi connectivity index (χ0v) is 14.8. The maximum absolute atomic E-state index is 12.7. The zero-order valence-electron chi connectivity index (χ0n) is 14.8. The second-order valence-electron chi connectivity index (χ2n) is 7.32. The molecule has 2 N–H and O–H groups in total. The van der Waals surface area contributed by atoms with E-state index in [1.807, 2.05) is 18.0 Å². The third kappa shape index (κ3) is 2.99. The number of anilines is 3. The number of nitrogens with zero attached hydrogens (tertiary/aromatic N) is 5. The van der Waals surface area contributed by atoms with E-state index in [2.05, 4.69) is 19.8 Å². The average Bonchev–Trinajstić information content (AvgIpc) is 3.05. The number of amides is 1. The molecule has 0 aromatic carbocycles. The molecule has 1 aromatic heterocycles. The summed E-state index contributed by atoms with van der Waals surface area (Å²) in [6.45, 7) is 5.43. The van der Waals surface area contributed by atoms with Crippen molar-refractivity contribution in [1.29, 1.82) is 0 Å². The van der Waals surface area contributed by atoms with E-state index >= 15 is 0 Å². The molecule has 0 saturated carbocycles. The summed E-state index contributed by atoms with van der Waals surface area (Å²) >= 11 is 0. The molecule has 1 spiro atoms. The Balaban J connectivity index is 1.56. The molecule has 0 bridgehead atoms. The molecule has 8 nitrogen and oxygen atoms in total. The molecule has 3 fully saturated rings. The van der Waals surface area contributed by atoms with Gasteiger partial charge in [-0.15, -0.1) is 0 Å². The molecule has 0 unspecified atom stereocenters. The topological polar surface area (TPSA) is 87.8 Å². The van der Waals surface area contributed by atoms with E-state index in [0.29, 0.717) is 13.2 Å². The lowest BCUT2D eigenvalue weighted by atomic mass is 9.78. The van der Waals surface area contributed by atoms with Gasteiger partial charge in [-0.1, -0.05) is 0 Å². The van der Waals surface area contributed by atoms with Crippen LogP contribution in [0.15, 0.2) is 6.07 Å². The fraction of sp³-hybridized carbons (Fsp3) is 0.706. The number of piperidine rings is 1. The molecule has 8 heteroatoms. The van der Waals surface area contributed by atoms with Gasteiger partial charge in [-0.2, -0.15) is 9.97 Å². The highest BCUT2D eigenvalue weighted by Gasteiger charge is 2.47. The predicted octanol–water partition coefficient (Wildman–Crippen LogP) is 0.344. The van der Waals surface area contributed by atoms with E-state index in [4.69, 9.17) is 10.5 Å². The SMILES string of the molecule is CN1CCC[C@@]2(CCN(c3cc(N4CCOCC4)nc(N)n3)C2)C1=O. The molecular formula is C17H26N6O2. The average molecular weight is 346 g/mol.